The molecule has 1 aliphatic heterocycles. The smallest absolute Gasteiger partial charge is 0.346 e. The van der Waals surface area contributed by atoms with Gasteiger partial charge in [0.15, 0.2) is 0 Å². The number of fused-ring (bicyclic) bond motifs is 2. The highest BCUT2D eigenvalue weighted by atomic mass is 35.5. The molecule has 2 unspecified atom stereocenters. The number of halogens is 2. The first-order chi connectivity index (χ1) is 17.2. The van der Waals surface area contributed by atoms with Crippen molar-refractivity contribution >= 4 is 59.6 Å². The summed E-state index contributed by atoms with van der Waals surface area (Å²) in [6.45, 7) is 0. The fourth-order valence-electron chi connectivity index (χ4n) is 3.76. The van der Waals surface area contributed by atoms with Crippen LogP contribution in [0.4, 0.5) is 0 Å². The summed E-state index contributed by atoms with van der Waals surface area (Å²) in [6, 6.07) is 23.7. The molecule has 0 bridgehead atoms. The van der Waals surface area contributed by atoms with Gasteiger partial charge in [-0.15, -0.1) is 0 Å². The van der Waals surface area contributed by atoms with Gasteiger partial charge in [-0.3, -0.25) is 18.7 Å². The number of carbonyl (C=O) groups excluding carboxylic acids is 2. The Labute approximate surface area is 216 Å². The molecule has 6 nitrogen and oxygen atoms in total. The largest absolute Gasteiger partial charge is 0.434 e. The molecule has 1 aliphatic rings. The second-order valence-electron chi connectivity index (χ2n) is 7.85. The van der Waals surface area contributed by atoms with E-state index >= 15 is 0 Å². The summed E-state index contributed by atoms with van der Waals surface area (Å²) in [7, 11) is -8.76. The molecule has 36 heavy (non-hydrogen) atoms. The van der Waals surface area contributed by atoms with E-state index in [0.29, 0.717) is 0 Å². The second-order valence-corrected chi connectivity index (χ2v) is 13.1. The van der Waals surface area contributed by atoms with E-state index in [2.05, 4.69) is 0 Å². The summed E-state index contributed by atoms with van der Waals surface area (Å²) in [6.07, 6.45) is 0. The van der Waals surface area contributed by atoms with Crippen molar-refractivity contribution in [2.75, 3.05) is 0 Å². The van der Waals surface area contributed by atoms with E-state index in [1.165, 1.54) is 60.7 Å². The number of rotatable bonds is 2. The molecule has 0 fully saturated rings. The van der Waals surface area contributed by atoms with Gasteiger partial charge in [-0.1, -0.05) is 59.6 Å². The lowest BCUT2D eigenvalue weighted by atomic mass is 10.2. The predicted molar refractivity (Wildman–Crippen MR) is 140 cm³/mol. The lowest BCUT2D eigenvalue weighted by molar-refractivity contribution is 0.104. The van der Waals surface area contributed by atoms with Crippen molar-refractivity contribution in [3.05, 3.63) is 118 Å². The van der Waals surface area contributed by atoms with E-state index < -0.39 is 25.8 Å². The van der Waals surface area contributed by atoms with Crippen LogP contribution in [0.3, 0.4) is 0 Å². The standard InChI is InChI=1S/C26H16Cl2O6P2/c27-17-12-14-22-23(15-17)33-35(31,19-7-3-1-4-8-19)25(29)21-13-11-18(28)16-24(21)34-36(32,26(22)30)20-9-5-2-6-10-20/h1-16H. The molecular weight excluding hydrogens is 541 g/mol. The Morgan fingerprint density at radius 3 is 1.25 bits per heavy atom. The maximum absolute atomic E-state index is 14.4. The maximum atomic E-state index is 14.4. The fraction of sp³-hybridized carbons (Fsp3) is 0. The number of hydrogen-bond acceptors (Lipinski definition) is 6. The van der Waals surface area contributed by atoms with Crippen molar-refractivity contribution in [3.63, 3.8) is 0 Å². The van der Waals surface area contributed by atoms with Crippen LogP contribution in [-0.2, 0) is 9.13 Å². The van der Waals surface area contributed by atoms with Crippen LogP contribution in [0.25, 0.3) is 0 Å². The zero-order valence-electron chi connectivity index (χ0n) is 18.3. The molecule has 2 atom stereocenters. The van der Waals surface area contributed by atoms with E-state index in [1.54, 1.807) is 36.4 Å². The van der Waals surface area contributed by atoms with Crippen molar-refractivity contribution < 1.29 is 27.8 Å². The molecule has 4 aromatic carbocycles. The normalized spacial score (nSPS) is 21.5. The maximum Gasteiger partial charge on any atom is 0.346 e. The monoisotopic (exact) mass is 556 g/mol. The molecule has 0 radical (unpaired) electrons. The molecule has 180 valence electrons. The molecule has 1 heterocycles. The van der Waals surface area contributed by atoms with E-state index in [4.69, 9.17) is 32.2 Å². The van der Waals surface area contributed by atoms with Gasteiger partial charge in [0.25, 0.3) is 11.0 Å². The lowest BCUT2D eigenvalue weighted by Crippen LogP contribution is -2.23. The third kappa shape index (κ3) is 4.21. The Balaban J connectivity index is 1.84. The third-order valence-corrected chi connectivity index (χ3v) is 10.4. The van der Waals surface area contributed by atoms with Crippen LogP contribution in [0, 0.1) is 0 Å². The van der Waals surface area contributed by atoms with Gasteiger partial charge in [-0.25, -0.2) is 0 Å². The van der Waals surface area contributed by atoms with E-state index in [-0.39, 0.29) is 43.3 Å². The van der Waals surface area contributed by atoms with Crippen LogP contribution >= 0.6 is 37.9 Å². The van der Waals surface area contributed by atoms with Gasteiger partial charge in [0.2, 0.25) is 0 Å². The Kier molecular flexibility index (Phi) is 6.40. The van der Waals surface area contributed by atoms with Crippen LogP contribution in [0.5, 0.6) is 11.5 Å². The topological polar surface area (TPSA) is 86.7 Å². The van der Waals surface area contributed by atoms with E-state index in [9.17, 15) is 18.7 Å². The fourth-order valence-corrected chi connectivity index (χ4v) is 7.92. The van der Waals surface area contributed by atoms with Crippen LogP contribution < -0.4 is 19.7 Å². The van der Waals surface area contributed by atoms with Gasteiger partial charge in [0.1, 0.15) is 11.5 Å². The zero-order valence-corrected chi connectivity index (χ0v) is 21.6. The molecule has 0 saturated carbocycles. The summed E-state index contributed by atoms with van der Waals surface area (Å²) >= 11 is 12.3. The summed E-state index contributed by atoms with van der Waals surface area (Å²) in [4.78, 5) is 27.8. The van der Waals surface area contributed by atoms with E-state index in [0.717, 1.165) is 0 Å². The van der Waals surface area contributed by atoms with Crippen LogP contribution in [0.2, 0.25) is 10.0 Å². The van der Waals surface area contributed by atoms with Crippen molar-refractivity contribution in [3.8, 4) is 11.5 Å². The first-order valence-electron chi connectivity index (χ1n) is 10.6. The zero-order chi connectivity index (χ0) is 25.5. The Morgan fingerprint density at radius 2 is 0.889 bits per heavy atom. The average Bonchev–Trinajstić information content (AvgIpc) is 2.88. The Morgan fingerprint density at radius 1 is 0.528 bits per heavy atom. The number of benzene rings is 4. The predicted octanol–water partition coefficient (Wildman–Crippen LogP) is 6.95. The van der Waals surface area contributed by atoms with Crippen molar-refractivity contribution in [2.24, 2.45) is 0 Å². The van der Waals surface area contributed by atoms with Crippen molar-refractivity contribution in [1.29, 1.82) is 0 Å². The molecule has 4 aromatic rings. The second kappa shape index (κ2) is 9.38. The van der Waals surface area contributed by atoms with Gasteiger partial charge in [0.05, 0.1) is 21.7 Å². The van der Waals surface area contributed by atoms with Crippen molar-refractivity contribution in [2.45, 2.75) is 0 Å². The minimum atomic E-state index is -4.38. The van der Waals surface area contributed by atoms with Crippen molar-refractivity contribution in [1.82, 2.24) is 0 Å². The summed E-state index contributed by atoms with van der Waals surface area (Å²) in [5, 5.41) is 0.517. The van der Waals surface area contributed by atoms with Gasteiger partial charge >= 0.3 is 14.7 Å². The molecule has 5 rings (SSSR count). The molecule has 10 heteroatoms. The Hall–Kier alpha value is -3.14. The molecule has 0 aliphatic carbocycles. The van der Waals surface area contributed by atoms with E-state index in [1.807, 2.05) is 0 Å². The summed E-state index contributed by atoms with van der Waals surface area (Å²) in [5.74, 6) is -0.490. The Bertz CT molecular complexity index is 1480. The average molecular weight is 557 g/mol. The molecular formula is C26H16Cl2O6P2. The van der Waals surface area contributed by atoms with Crippen LogP contribution in [0.1, 0.15) is 20.7 Å². The summed E-state index contributed by atoms with van der Waals surface area (Å²) in [5.41, 5.74) is -2.22. The third-order valence-electron chi connectivity index (χ3n) is 5.53. The molecule has 0 aromatic heterocycles. The molecule has 0 amide bonds. The highest BCUT2D eigenvalue weighted by Gasteiger charge is 2.46. The number of carbonyl (C=O) groups is 2. The highest BCUT2D eigenvalue weighted by molar-refractivity contribution is 7.84. The highest BCUT2D eigenvalue weighted by Crippen LogP contribution is 2.57. The van der Waals surface area contributed by atoms with Crippen LogP contribution in [0.15, 0.2) is 97.1 Å². The first kappa shape index (κ1) is 24.5. The van der Waals surface area contributed by atoms with Gasteiger partial charge in [0, 0.05) is 10.0 Å². The van der Waals surface area contributed by atoms with Gasteiger partial charge < -0.3 is 9.05 Å². The number of hydrogen-bond donors (Lipinski definition) is 0. The quantitative estimate of drug-likeness (QED) is 0.248. The SMILES string of the molecule is O=C1c2ccc(Cl)cc2OP(=O)(c2ccccc2)C(=O)c2ccc(Cl)cc2OP1(=O)c1ccccc1. The molecule has 0 saturated heterocycles. The van der Waals surface area contributed by atoms with Crippen LogP contribution in [-0.4, -0.2) is 11.0 Å². The molecule has 0 N–H and O–H groups in total. The first-order valence-corrected chi connectivity index (χ1v) is 14.6. The van der Waals surface area contributed by atoms with Gasteiger partial charge in [-0.05, 0) is 60.7 Å². The van der Waals surface area contributed by atoms with Gasteiger partial charge in [-0.2, -0.15) is 0 Å². The minimum Gasteiger partial charge on any atom is -0.434 e. The lowest BCUT2D eigenvalue weighted by Gasteiger charge is -2.26. The summed E-state index contributed by atoms with van der Waals surface area (Å²) < 4.78 is 40.6. The molecule has 0 spiro atoms. The minimum absolute atomic E-state index is 0.0982.